The van der Waals surface area contributed by atoms with E-state index in [-0.39, 0.29) is 5.82 Å². The molecule has 1 heterocycles. The van der Waals surface area contributed by atoms with Crippen LogP contribution in [0.15, 0.2) is 30.6 Å². The lowest BCUT2D eigenvalue weighted by atomic mass is 10.0. The van der Waals surface area contributed by atoms with Crippen LogP contribution in [0.1, 0.15) is 37.3 Å². The van der Waals surface area contributed by atoms with Gasteiger partial charge in [-0.3, -0.25) is 4.68 Å². The molecule has 0 bridgehead atoms. The fourth-order valence-electron chi connectivity index (χ4n) is 2.70. The van der Waals surface area contributed by atoms with E-state index in [0.29, 0.717) is 17.2 Å². The third-order valence-corrected chi connectivity index (χ3v) is 3.71. The SMILES string of the molecule is N#Cc1ccc(F)cc1-c1cnn(C2CCCC2)c1. The molecule has 0 N–H and O–H groups in total. The maximum atomic E-state index is 13.3. The van der Waals surface area contributed by atoms with Gasteiger partial charge in [0.25, 0.3) is 0 Å². The summed E-state index contributed by atoms with van der Waals surface area (Å²) in [5.41, 5.74) is 1.90. The maximum absolute atomic E-state index is 13.3. The van der Waals surface area contributed by atoms with Gasteiger partial charge in [-0.1, -0.05) is 12.8 Å². The Labute approximate surface area is 111 Å². The first-order valence-electron chi connectivity index (χ1n) is 6.52. The van der Waals surface area contributed by atoms with Crippen LogP contribution in [0.2, 0.25) is 0 Å². The van der Waals surface area contributed by atoms with Crippen molar-refractivity contribution >= 4 is 0 Å². The van der Waals surface area contributed by atoms with Crippen molar-refractivity contribution in [2.24, 2.45) is 0 Å². The molecule has 1 fully saturated rings. The molecule has 0 atom stereocenters. The van der Waals surface area contributed by atoms with Crippen LogP contribution in [0.4, 0.5) is 4.39 Å². The fourth-order valence-corrected chi connectivity index (χ4v) is 2.70. The lowest BCUT2D eigenvalue weighted by molar-refractivity contribution is 0.467. The number of halogens is 1. The van der Waals surface area contributed by atoms with Crippen LogP contribution in [-0.2, 0) is 0 Å². The molecule has 1 saturated carbocycles. The molecule has 1 aromatic carbocycles. The summed E-state index contributed by atoms with van der Waals surface area (Å²) < 4.78 is 15.3. The van der Waals surface area contributed by atoms with Crippen LogP contribution in [0.25, 0.3) is 11.1 Å². The zero-order valence-electron chi connectivity index (χ0n) is 10.5. The van der Waals surface area contributed by atoms with Crippen molar-refractivity contribution < 1.29 is 4.39 Å². The molecule has 1 aromatic heterocycles. The quantitative estimate of drug-likeness (QED) is 0.821. The van der Waals surface area contributed by atoms with Crippen molar-refractivity contribution in [2.45, 2.75) is 31.7 Å². The van der Waals surface area contributed by atoms with Crippen molar-refractivity contribution in [3.05, 3.63) is 42.0 Å². The molecular formula is C15H14FN3. The predicted molar refractivity (Wildman–Crippen MR) is 69.8 cm³/mol. The molecule has 3 nitrogen and oxygen atoms in total. The molecule has 0 spiro atoms. The minimum atomic E-state index is -0.331. The highest BCUT2D eigenvalue weighted by atomic mass is 19.1. The fraction of sp³-hybridized carbons (Fsp3) is 0.333. The highest BCUT2D eigenvalue weighted by Crippen LogP contribution is 2.31. The van der Waals surface area contributed by atoms with Gasteiger partial charge in [0.15, 0.2) is 0 Å². The summed E-state index contributed by atoms with van der Waals surface area (Å²) >= 11 is 0. The summed E-state index contributed by atoms with van der Waals surface area (Å²) in [6, 6.07) is 6.77. The number of hydrogen-bond acceptors (Lipinski definition) is 2. The van der Waals surface area contributed by atoms with Crippen LogP contribution in [0.5, 0.6) is 0 Å². The molecule has 0 saturated heterocycles. The first-order chi connectivity index (χ1) is 9.28. The molecule has 2 aromatic rings. The van der Waals surface area contributed by atoms with E-state index in [9.17, 15) is 4.39 Å². The molecule has 4 heteroatoms. The van der Waals surface area contributed by atoms with Gasteiger partial charge in [-0.05, 0) is 31.0 Å². The minimum absolute atomic E-state index is 0.331. The molecule has 3 rings (SSSR count). The van der Waals surface area contributed by atoms with Crippen LogP contribution in [0, 0.1) is 17.1 Å². The maximum Gasteiger partial charge on any atom is 0.123 e. The molecule has 0 radical (unpaired) electrons. The first-order valence-corrected chi connectivity index (χ1v) is 6.52. The van der Waals surface area contributed by atoms with E-state index in [1.165, 1.54) is 31.0 Å². The number of aromatic nitrogens is 2. The third-order valence-electron chi connectivity index (χ3n) is 3.71. The summed E-state index contributed by atoms with van der Waals surface area (Å²) in [6.45, 7) is 0. The van der Waals surface area contributed by atoms with Crippen molar-refractivity contribution in [1.29, 1.82) is 5.26 Å². The van der Waals surface area contributed by atoms with Crippen molar-refractivity contribution in [3.63, 3.8) is 0 Å². The Kier molecular flexibility index (Phi) is 3.04. The van der Waals surface area contributed by atoms with E-state index < -0.39 is 0 Å². The summed E-state index contributed by atoms with van der Waals surface area (Å²) in [5, 5.41) is 13.5. The van der Waals surface area contributed by atoms with Gasteiger partial charge in [0.1, 0.15) is 5.82 Å². The van der Waals surface area contributed by atoms with Gasteiger partial charge >= 0.3 is 0 Å². The second-order valence-corrected chi connectivity index (χ2v) is 4.95. The Balaban J connectivity index is 1.98. The average molecular weight is 255 g/mol. The van der Waals surface area contributed by atoms with Gasteiger partial charge in [-0.15, -0.1) is 0 Å². The number of hydrogen-bond donors (Lipinski definition) is 0. The Morgan fingerprint density at radius 2 is 2.11 bits per heavy atom. The Bertz CT molecular complexity index is 633. The normalized spacial score (nSPS) is 15.6. The topological polar surface area (TPSA) is 41.6 Å². The molecule has 19 heavy (non-hydrogen) atoms. The van der Waals surface area contributed by atoms with E-state index in [1.807, 2.05) is 10.9 Å². The Morgan fingerprint density at radius 3 is 2.84 bits per heavy atom. The van der Waals surface area contributed by atoms with Gasteiger partial charge in [0.2, 0.25) is 0 Å². The van der Waals surface area contributed by atoms with E-state index in [0.717, 1.165) is 18.4 Å². The van der Waals surface area contributed by atoms with Crippen molar-refractivity contribution in [1.82, 2.24) is 9.78 Å². The van der Waals surface area contributed by atoms with E-state index >= 15 is 0 Å². The van der Waals surface area contributed by atoms with E-state index in [1.54, 1.807) is 6.20 Å². The van der Waals surface area contributed by atoms with Crippen molar-refractivity contribution in [2.75, 3.05) is 0 Å². The van der Waals surface area contributed by atoms with Crippen LogP contribution >= 0.6 is 0 Å². The highest BCUT2D eigenvalue weighted by Gasteiger charge is 2.18. The second-order valence-electron chi connectivity index (χ2n) is 4.95. The zero-order valence-corrected chi connectivity index (χ0v) is 10.5. The van der Waals surface area contributed by atoms with Crippen molar-refractivity contribution in [3.8, 4) is 17.2 Å². The van der Waals surface area contributed by atoms with Crippen LogP contribution in [0.3, 0.4) is 0 Å². The third kappa shape index (κ3) is 2.24. The van der Waals surface area contributed by atoms with Gasteiger partial charge in [0.05, 0.1) is 23.9 Å². The van der Waals surface area contributed by atoms with Gasteiger partial charge in [0, 0.05) is 17.3 Å². The van der Waals surface area contributed by atoms with E-state index in [4.69, 9.17) is 5.26 Å². The number of nitrogens with zero attached hydrogens (tertiary/aromatic N) is 3. The number of nitriles is 1. The number of rotatable bonds is 2. The largest absolute Gasteiger partial charge is 0.269 e. The molecule has 0 aliphatic heterocycles. The van der Waals surface area contributed by atoms with Gasteiger partial charge in [-0.25, -0.2) is 4.39 Å². The molecule has 1 aliphatic carbocycles. The van der Waals surface area contributed by atoms with Gasteiger partial charge < -0.3 is 0 Å². The summed E-state index contributed by atoms with van der Waals surface area (Å²) in [7, 11) is 0. The Morgan fingerprint density at radius 1 is 1.32 bits per heavy atom. The monoisotopic (exact) mass is 255 g/mol. The zero-order chi connectivity index (χ0) is 13.2. The highest BCUT2D eigenvalue weighted by molar-refractivity contribution is 5.69. The second kappa shape index (κ2) is 4.85. The summed E-state index contributed by atoms with van der Waals surface area (Å²) in [4.78, 5) is 0. The smallest absolute Gasteiger partial charge is 0.123 e. The average Bonchev–Trinajstić information content (AvgIpc) is 3.09. The van der Waals surface area contributed by atoms with Gasteiger partial charge in [-0.2, -0.15) is 10.4 Å². The summed E-state index contributed by atoms with van der Waals surface area (Å²) in [5.74, 6) is -0.331. The molecule has 0 amide bonds. The van der Waals surface area contributed by atoms with Crippen LogP contribution in [-0.4, -0.2) is 9.78 Å². The lowest BCUT2D eigenvalue weighted by Gasteiger charge is -2.08. The summed E-state index contributed by atoms with van der Waals surface area (Å²) in [6.07, 6.45) is 8.41. The number of benzene rings is 1. The van der Waals surface area contributed by atoms with E-state index in [2.05, 4.69) is 11.2 Å². The predicted octanol–water partition coefficient (Wildman–Crippen LogP) is 3.68. The molecule has 0 unspecified atom stereocenters. The lowest BCUT2D eigenvalue weighted by Crippen LogP contribution is -2.04. The molecule has 1 aliphatic rings. The molecular weight excluding hydrogens is 241 g/mol. The first kappa shape index (κ1) is 11.9. The minimum Gasteiger partial charge on any atom is -0.269 e. The van der Waals surface area contributed by atoms with Crippen LogP contribution < -0.4 is 0 Å². The molecule has 96 valence electrons. The Hall–Kier alpha value is -2.15. The standard InChI is InChI=1S/C15H14FN3/c16-13-6-5-11(8-17)15(7-13)12-9-18-19(10-12)14-3-1-2-4-14/h5-7,9-10,14H,1-4H2.